The van der Waals surface area contributed by atoms with Crippen LogP contribution in [0.2, 0.25) is 5.02 Å². The summed E-state index contributed by atoms with van der Waals surface area (Å²) in [5, 5.41) is 4.21. The molecule has 0 saturated carbocycles. The Morgan fingerprint density at radius 1 is 1.12 bits per heavy atom. The van der Waals surface area contributed by atoms with E-state index in [1.165, 1.54) is 21.7 Å². The van der Waals surface area contributed by atoms with Gasteiger partial charge in [0.15, 0.2) is 11.3 Å². The Balaban J connectivity index is 1.53. The Bertz CT molecular complexity index is 1140. The van der Waals surface area contributed by atoms with Gasteiger partial charge in [0.1, 0.15) is 5.02 Å². The Morgan fingerprint density at radius 2 is 1.82 bits per heavy atom. The molecule has 1 spiro atoms. The fourth-order valence-corrected chi connectivity index (χ4v) is 4.36. The van der Waals surface area contributed by atoms with Crippen molar-refractivity contribution in [1.29, 1.82) is 0 Å². The van der Waals surface area contributed by atoms with Crippen molar-refractivity contribution < 1.29 is 40.7 Å². The molecule has 2 aliphatic rings. The fraction of sp³-hybridized carbons (Fsp3) is 0.474. The van der Waals surface area contributed by atoms with Crippen molar-refractivity contribution in [2.75, 3.05) is 13.1 Å². The van der Waals surface area contributed by atoms with Crippen LogP contribution >= 0.6 is 11.6 Å². The molecule has 4 heterocycles. The summed E-state index contributed by atoms with van der Waals surface area (Å²) in [6, 6.07) is 1.60. The topological polar surface area (TPSA) is 80.0 Å². The molecule has 2 amide bonds. The maximum Gasteiger partial charge on any atom is 0.434 e. The minimum absolute atomic E-state index is 0.0444. The summed E-state index contributed by atoms with van der Waals surface area (Å²) in [4.78, 5) is 31.4. The van der Waals surface area contributed by atoms with Gasteiger partial charge in [0.25, 0.3) is 12.0 Å². The standard InChI is InChI=1S/C19H16ClF6N5O3/c20-11-12(28-31-8-2-6-27-13(11)31)14(32)30-7-1-3-17(30)4-9-29(10-5-17)16(33)34-15(18(21,22)23)19(24,25)26/h2,4,6,8-9,15H,1,3,5,7,10H2. The van der Waals surface area contributed by atoms with Gasteiger partial charge in [-0.05, 0) is 31.4 Å². The van der Waals surface area contributed by atoms with Gasteiger partial charge in [-0.25, -0.2) is 14.3 Å². The molecule has 0 aliphatic carbocycles. The van der Waals surface area contributed by atoms with E-state index in [4.69, 9.17) is 11.6 Å². The summed E-state index contributed by atoms with van der Waals surface area (Å²) in [6.45, 7) is 0.0530. The number of fused-ring (bicyclic) bond motifs is 1. The number of likely N-dealkylation sites (tertiary alicyclic amines) is 1. The highest BCUT2D eigenvalue weighted by molar-refractivity contribution is 6.36. The maximum absolute atomic E-state index is 13.2. The first-order chi connectivity index (χ1) is 15.8. The van der Waals surface area contributed by atoms with Gasteiger partial charge in [-0.1, -0.05) is 11.6 Å². The largest absolute Gasteiger partial charge is 0.434 e. The summed E-state index contributed by atoms with van der Waals surface area (Å²) >= 11 is 6.28. The van der Waals surface area contributed by atoms with E-state index in [9.17, 15) is 35.9 Å². The predicted molar refractivity (Wildman–Crippen MR) is 104 cm³/mol. The molecule has 34 heavy (non-hydrogen) atoms. The molecule has 8 nitrogen and oxygen atoms in total. The van der Waals surface area contributed by atoms with Crippen molar-refractivity contribution in [3.8, 4) is 0 Å². The predicted octanol–water partition coefficient (Wildman–Crippen LogP) is 4.21. The average molecular weight is 512 g/mol. The van der Waals surface area contributed by atoms with E-state index in [2.05, 4.69) is 14.8 Å². The normalized spacial score (nSPS) is 21.2. The molecule has 4 rings (SSSR count). The molecule has 1 saturated heterocycles. The SMILES string of the molecule is O=C(OC(C(F)(F)F)C(F)(F)F)N1C=CC2(CCCN2C(=O)c2nn3cccnc3c2Cl)CC1. The fourth-order valence-electron chi connectivity index (χ4n) is 4.10. The number of carbonyl (C=O) groups is 2. The van der Waals surface area contributed by atoms with Crippen molar-refractivity contribution in [3.05, 3.63) is 41.5 Å². The van der Waals surface area contributed by atoms with Crippen LogP contribution in [-0.4, -0.2) is 73.5 Å². The molecule has 0 bridgehead atoms. The highest BCUT2D eigenvalue weighted by Gasteiger charge is 2.60. The third kappa shape index (κ3) is 4.26. The number of hydrogen-bond acceptors (Lipinski definition) is 5. The molecule has 2 aromatic heterocycles. The van der Waals surface area contributed by atoms with E-state index in [0.29, 0.717) is 24.3 Å². The van der Waals surface area contributed by atoms with E-state index < -0.39 is 36.0 Å². The first kappa shape index (κ1) is 24.1. The number of amides is 2. The van der Waals surface area contributed by atoms with Crippen LogP contribution in [0.15, 0.2) is 30.7 Å². The van der Waals surface area contributed by atoms with Crippen LogP contribution in [0.1, 0.15) is 29.8 Å². The van der Waals surface area contributed by atoms with Gasteiger partial charge in [-0.2, -0.15) is 31.4 Å². The van der Waals surface area contributed by atoms with Crippen LogP contribution in [0.3, 0.4) is 0 Å². The highest BCUT2D eigenvalue weighted by Crippen LogP contribution is 2.40. The van der Waals surface area contributed by atoms with Crippen LogP contribution in [-0.2, 0) is 4.74 Å². The van der Waals surface area contributed by atoms with Crippen LogP contribution in [0.4, 0.5) is 31.1 Å². The molecule has 0 aromatic carbocycles. The second-order valence-electron chi connectivity index (χ2n) is 7.82. The molecular formula is C19H16ClF6N5O3. The lowest BCUT2D eigenvalue weighted by Crippen LogP contribution is -2.52. The van der Waals surface area contributed by atoms with Gasteiger partial charge in [0.2, 0.25) is 0 Å². The Hall–Kier alpha value is -3.03. The van der Waals surface area contributed by atoms with E-state index in [1.807, 2.05) is 0 Å². The Morgan fingerprint density at radius 3 is 2.41 bits per heavy atom. The number of nitrogens with zero attached hydrogens (tertiary/aromatic N) is 5. The van der Waals surface area contributed by atoms with E-state index in [0.717, 1.165) is 6.20 Å². The number of aromatic nitrogens is 3. The highest BCUT2D eigenvalue weighted by atomic mass is 35.5. The number of rotatable bonds is 2. The number of carbonyl (C=O) groups excluding carboxylic acids is 2. The van der Waals surface area contributed by atoms with E-state index in [1.54, 1.807) is 12.3 Å². The van der Waals surface area contributed by atoms with Crippen LogP contribution in [0.5, 0.6) is 0 Å². The summed E-state index contributed by atoms with van der Waals surface area (Å²) in [5.41, 5.74) is -0.679. The van der Waals surface area contributed by atoms with Crippen LogP contribution in [0, 0.1) is 0 Å². The Kier molecular flexibility index (Phi) is 5.90. The van der Waals surface area contributed by atoms with Crippen molar-refractivity contribution in [2.24, 2.45) is 0 Å². The minimum atomic E-state index is -5.81. The van der Waals surface area contributed by atoms with Gasteiger partial charge in [0, 0.05) is 31.7 Å². The van der Waals surface area contributed by atoms with Gasteiger partial charge < -0.3 is 9.64 Å². The van der Waals surface area contributed by atoms with Gasteiger partial charge in [-0.3, -0.25) is 9.69 Å². The third-order valence-corrected chi connectivity index (χ3v) is 6.06. The van der Waals surface area contributed by atoms with Gasteiger partial charge in [-0.15, -0.1) is 0 Å². The lowest BCUT2D eigenvalue weighted by molar-refractivity contribution is -0.308. The molecule has 0 radical (unpaired) electrons. The molecule has 2 aliphatic heterocycles. The molecule has 1 atom stereocenters. The molecule has 15 heteroatoms. The molecule has 1 unspecified atom stereocenters. The maximum atomic E-state index is 13.2. The number of alkyl halides is 6. The smallest absolute Gasteiger partial charge is 0.426 e. The van der Waals surface area contributed by atoms with Crippen LogP contribution in [0.25, 0.3) is 5.65 Å². The lowest BCUT2D eigenvalue weighted by Gasteiger charge is -2.40. The van der Waals surface area contributed by atoms with E-state index >= 15 is 0 Å². The number of hydrogen-bond donors (Lipinski definition) is 0. The quantitative estimate of drug-likeness (QED) is 0.565. The Labute approximate surface area is 192 Å². The van der Waals surface area contributed by atoms with Crippen LogP contribution < -0.4 is 0 Å². The molecule has 2 aromatic rings. The summed E-state index contributed by atoms with van der Waals surface area (Å²) in [6.07, 6.45) is -11.1. The van der Waals surface area contributed by atoms with Gasteiger partial charge in [0.05, 0.1) is 5.54 Å². The minimum Gasteiger partial charge on any atom is -0.426 e. The number of halogens is 7. The third-order valence-electron chi connectivity index (χ3n) is 5.71. The van der Waals surface area contributed by atoms with Crippen molar-refractivity contribution >= 4 is 29.2 Å². The molecule has 0 N–H and O–H groups in total. The lowest BCUT2D eigenvalue weighted by atomic mass is 9.89. The molecule has 184 valence electrons. The first-order valence-corrected chi connectivity index (χ1v) is 10.3. The second-order valence-corrected chi connectivity index (χ2v) is 8.20. The van der Waals surface area contributed by atoms with Crippen molar-refractivity contribution in [1.82, 2.24) is 24.4 Å². The number of ether oxygens (including phenoxy) is 1. The zero-order valence-electron chi connectivity index (χ0n) is 17.1. The summed E-state index contributed by atoms with van der Waals surface area (Å²) in [7, 11) is 0. The van der Waals surface area contributed by atoms with Gasteiger partial charge >= 0.3 is 18.4 Å². The average Bonchev–Trinajstić information content (AvgIpc) is 3.32. The molecular weight excluding hydrogens is 496 g/mol. The summed E-state index contributed by atoms with van der Waals surface area (Å²) < 4.78 is 81.2. The second kappa shape index (κ2) is 8.32. The zero-order chi connectivity index (χ0) is 24.9. The first-order valence-electron chi connectivity index (χ1n) is 9.94. The zero-order valence-corrected chi connectivity index (χ0v) is 17.9. The molecule has 1 fully saturated rings. The van der Waals surface area contributed by atoms with Crippen molar-refractivity contribution in [2.45, 2.75) is 43.3 Å². The van der Waals surface area contributed by atoms with E-state index in [-0.39, 0.29) is 29.3 Å². The van der Waals surface area contributed by atoms with Crippen molar-refractivity contribution in [3.63, 3.8) is 0 Å². The monoisotopic (exact) mass is 511 g/mol. The summed E-state index contributed by atoms with van der Waals surface area (Å²) in [5.74, 6) is -0.511.